The molecule has 0 aliphatic carbocycles. The SMILES string of the molecule is COc1cccc2c(-c3cc[nH]c(=O)c3)nn(-c3ccc(C(F)(F)F)cc3)c12. The maximum atomic E-state index is 12.9. The molecule has 1 N–H and O–H groups in total. The number of rotatable bonds is 3. The molecule has 4 rings (SSSR count). The van der Waals surface area contributed by atoms with Gasteiger partial charge in [0.15, 0.2) is 0 Å². The Bertz CT molecular complexity index is 1210. The van der Waals surface area contributed by atoms with Crippen molar-refractivity contribution in [2.75, 3.05) is 7.11 Å². The molecule has 0 bridgehead atoms. The number of aromatic amines is 1. The van der Waals surface area contributed by atoms with Gasteiger partial charge >= 0.3 is 6.18 Å². The van der Waals surface area contributed by atoms with Crippen molar-refractivity contribution in [1.82, 2.24) is 14.8 Å². The zero-order chi connectivity index (χ0) is 19.9. The summed E-state index contributed by atoms with van der Waals surface area (Å²) in [6, 6.07) is 13.2. The minimum absolute atomic E-state index is 0.280. The predicted octanol–water partition coefficient (Wildman–Crippen LogP) is 4.41. The molecule has 8 heteroatoms. The van der Waals surface area contributed by atoms with E-state index in [1.807, 2.05) is 6.07 Å². The summed E-state index contributed by atoms with van der Waals surface area (Å²) in [6.07, 6.45) is -2.90. The third-order valence-electron chi connectivity index (χ3n) is 4.37. The molecule has 0 spiro atoms. The van der Waals surface area contributed by atoms with Gasteiger partial charge in [-0.1, -0.05) is 12.1 Å². The maximum Gasteiger partial charge on any atom is 0.416 e. The zero-order valence-electron chi connectivity index (χ0n) is 14.6. The van der Waals surface area contributed by atoms with Crippen molar-refractivity contribution in [3.63, 3.8) is 0 Å². The van der Waals surface area contributed by atoms with Crippen LogP contribution in [0.3, 0.4) is 0 Å². The molecule has 0 saturated heterocycles. The highest BCUT2D eigenvalue weighted by Gasteiger charge is 2.30. The number of para-hydroxylation sites is 1. The summed E-state index contributed by atoms with van der Waals surface area (Å²) in [5.41, 5.74) is 1.14. The van der Waals surface area contributed by atoms with E-state index < -0.39 is 11.7 Å². The van der Waals surface area contributed by atoms with E-state index in [0.29, 0.717) is 33.6 Å². The fourth-order valence-electron chi connectivity index (χ4n) is 3.08. The van der Waals surface area contributed by atoms with E-state index in [-0.39, 0.29) is 5.56 Å². The lowest BCUT2D eigenvalue weighted by Crippen LogP contribution is -2.05. The van der Waals surface area contributed by atoms with Crippen molar-refractivity contribution in [1.29, 1.82) is 0 Å². The van der Waals surface area contributed by atoms with Gasteiger partial charge < -0.3 is 9.72 Å². The van der Waals surface area contributed by atoms with Crippen molar-refractivity contribution < 1.29 is 17.9 Å². The third kappa shape index (κ3) is 3.02. The van der Waals surface area contributed by atoms with E-state index in [1.165, 1.54) is 36.2 Å². The lowest BCUT2D eigenvalue weighted by molar-refractivity contribution is -0.137. The fraction of sp³-hybridized carbons (Fsp3) is 0.100. The number of alkyl halides is 3. The minimum Gasteiger partial charge on any atom is -0.494 e. The van der Waals surface area contributed by atoms with Gasteiger partial charge in [-0.2, -0.15) is 18.3 Å². The number of H-pyrrole nitrogens is 1. The molecule has 5 nitrogen and oxygen atoms in total. The number of aromatic nitrogens is 3. The van der Waals surface area contributed by atoms with Gasteiger partial charge in [0.2, 0.25) is 5.56 Å². The fourth-order valence-corrected chi connectivity index (χ4v) is 3.08. The van der Waals surface area contributed by atoms with Gasteiger partial charge in [-0.05, 0) is 36.4 Å². The number of nitrogens with zero attached hydrogens (tertiary/aromatic N) is 2. The maximum absolute atomic E-state index is 12.9. The topological polar surface area (TPSA) is 59.9 Å². The summed E-state index contributed by atoms with van der Waals surface area (Å²) in [6.45, 7) is 0. The Labute approximate surface area is 157 Å². The summed E-state index contributed by atoms with van der Waals surface area (Å²) < 4.78 is 45.6. The Hall–Kier alpha value is -3.55. The van der Waals surface area contributed by atoms with E-state index >= 15 is 0 Å². The quantitative estimate of drug-likeness (QED) is 0.568. The van der Waals surface area contributed by atoms with Crippen molar-refractivity contribution in [2.24, 2.45) is 0 Å². The van der Waals surface area contributed by atoms with Crippen LogP contribution < -0.4 is 10.3 Å². The largest absolute Gasteiger partial charge is 0.494 e. The first-order valence-corrected chi connectivity index (χ1v) is 8.31. The molecule has 0 unspecified atom stereocenters. The number of benzene rings is 2. The Kier molecular flexibility index (Phi) is 4.18. The van der Waals surface area contributed by atoms with Crippen LogP contribution in [0.1, 0.15) is 5.56 Å². The number of hydrogen-bond donors (Lipinski definition) is 1. The second kappa shape index (κ2) is 6.56. The van der Waals surface area contributed by atoms with Crippen molar-refractivity contribution in [3.05, 3.63) is 76.7 Å². The highest BCUT2D eigenvalue weighted by molar-refractivity contribution is 5.97. The standard InChI is InChI=1S/C20H14F3N3O2/c1-28-16-4-2-3-15-18(12-9-10-24-17(27)11-12)25-26(19(15)16)14-7-5-13(6-8-14)20(21,22)23/h2-11H,1H3,(H,24,27). The molecular formula is C20H14F3N3O2. The number of pyridine rings is 1. The molecule has 2 aromatic heterocycles. The zero-order valence-corrected chi connectivity index (χ0v) is 14.6. The first-order chi connectivity index (χ1) is 13.4. The summed E-state index contributed by atoms with van der Waals surface area (Å²) in [5, 5.41) is 5.29. The van der Waals surface area contributed by atoms with Crippen LogP contribution >= 0.6 is 0 Å². The van der Waals surface area contributed by atoms with Gasteiger partial charge in [0.1, 0.15) is 17.0 Å². The van der Waals surface area contributed by atoms with Gasteiger partial charge in [0, 0.05) is 23.2 Å². The average Bonchev–Trinajstić information content (AvgIpc) is 3.07. The summed E-state index contributed by atoms with van der Waals surface area (Å²) in [5.74, 6) is 0.515. The van der Waals surface area contributed by atoms with E-state index in [4.69, 9.17) is 4.74 Å². The lowest BCUT2D eigenvalue weighted by Gasteiger charge is -2.09. The third-order valence-corrected chi connectivity index (χ3v) is 4.37. The molecule has 0 amide bonds. The number of methoxy groups -OCH3 is 1. The van der Waals surface area contributed by atoms with Gasteiger partial charge in [0.25, 0.3) is 0 Å². The molecule has 0 aliphatic heterocycles. The molecule has 28 heavy (non-hydrogen) atoms. The number of fused-ring (bicyclic) bond motifs is 1. The number of halogens is 3. The van der Waals surface area contributed by atoms with Crippen LogP contribution in [0.25, 0.3) is 27.8 Å². The highest BCUT2D eigenvalue weighted by atomic mass is 19.4. The number of nitrogens with one attached hydrogen (secondary N) is 1. The Morgan fingerprint density at radius 1 is 1.07 bits per heavy atom. The molecule has 2 heterocycles. The van der Waals surface area contributed by atoms with E-state index in [9.17, 15) is 18.0 Å². The monoisotopic (exact) mass is 385 g/mol. The first-order valence-electron chi connectivity index (χ1n) is 8.31. The molecular weight excluding hydrogens is 371 g/mol. The molecule has 0 saturated carbocycles. The van der Waals surface area contributed by atoms with Crippen molar-refractivity contribution in [3.8, 4) is 22.7 Å². The van der Waals surface area contributed by atoms with Gasteiger partial charge in [-0.3, -0.25) is 4.79 Å². The second-order valence-electron chi connectivity index (χ2n) is 6.10. The molecule has 142 valence electrons. The number of ether oxygens (including phenoxy) is 1. The van der Waals surface area contributed by atoms with Crippen LogP contribution in [0.5, 0.6) is 5.75 Å². The molecule has 0 radical (unpaired) electrons. The van der Waals surface area contributed by atoms with Crippen molar-refractivity contribution >= 4 is 10.9 Å². The van der Waals surface area contributed by atoms with E-state index in [1.54, 1.807) is 18.2 Å². The lowest BCUT2D eigenvalue weighted by atomic mass is 10.1. The smallest absolute Gasteiger partial charge is 0.416 e. The van der Waals surface area contributed by atoms with Crippen LogP contribution in [-0.2, 0) is 6.18 Å². The Balaban J connectivity index is 1.97. The van der Waals surface area contributed by atoms with Gasteiger partial charge in [-0.15, -0.1) is 0 Å². The van der Waals surface area contributed by atoms with Crippen molar-refractivity contribution in [2.45, 2.75) is 6.18 Å². The molecule has 0 fully saturated rings. The molecule has 0 aliphatic rings. The van der Waals surface area contributed by atoms with Gasteiger partial charge in [0.05, 0.1) is 18.4 Å². The summed E-state index contributed by atoms with van der Waals surface area (Å²) >= 11 is 0. The Morgan fingerprint density at radius 3 is 2.46 bits per heavy atom. The Morgan fingerprint density at radius 2 is 1.82 bits per heavy atom. The highest BCUT2D eigenvalue weighted by Crippen LogP contribution is 2.35. The van der Waals surface area contributed by atoms with E-state index in [0.717, 1.165) is 12.1 Å². The van der Waals surface area contributed by atoms with Crippen LogP contribution in [0.2, 0.25) is 0 Å². The second-order valence-corrected chi connectivity index (χ2v) is 6.10. The average molecular weight is 385 g/mol. The van der Waals surface area contributed by atoms with Gasteiger partial charge in [-0.25, -0.2) is 4.68 Å². The summed E-state index contributed by atoms with van der Waals surface area (Å²) in [7, 11) is 1.51. The van der Waals surface area contributed by atoms with E-state index in [2.05, 4.69) is 10.1 Å². The predicted molar refractivity (Wildman–Crippen MR) is 98.7 cm³/mol. The van der Waals surface area contributed by atoms with Crippen LogP contribution in [-0.4, -0.2) is 21.9 Å². The van der Waals surface area contributed by atoms with Crippen LogP contribution in [0, 0.1) is 0 Å². The number of hydrogen-bond acceptors (Lipinski definition) is 3. The summed E-state index contributed by atoms with van der Waals surface area (Å²) in [4.78, 5) is 14.3. The van der Waals surface area contributed by atoms with Crippen LogP contribution in [0.4, 0.5) is 13.2 Å². The normalized spacial score (nSPS) is 11.7. The molecule has 4 aromatic rings. The molecule has 0 atom stereocenters. The first kappa shape index (κ1) is 17.8. The minimum atomic E-state index is -4.42. The van der Waals surface area contributed by atoms with Crippen LogP contribution in [0.15, 0.2) is 65.6 Å². The molecule has 2 aromatic carbocycles.